The highest BCUT2D eigenvalue weighted by Crippen LogP contribution is 2.13. The van der Waals surface area contributed by atoms with Crippen molar-refractivity contribution in [3.63, 3.8) is 0 Å². The summed E-state index contributed by atoms with van der Waals surface area (Å²) >= 11 is 0. The van der Waals surface area contributed by atoms with Gasteiger partial charge in [-0.1, -0.05) is 5.16 Å². The predicted molar refractivity (Wildman–Crippen MR) is 62.9 cm³/mol. The van der Waals surface area contributed by atoms with Crippen molar-refractivity contribution in [2.45, 2.75) is 25.6 Å². The van der Waals surface area contributed by atoms with Gasteiger partial charge in [0, 0.05) is 31.7 Å². The van der Waals surface area contributed by atoms with E-state index in [9.17, 15) is 8.42 Å². The lowest BCUT2D eigenvalue weighted by Crippen LogP contribution is -2.51. The smallest absolute Gasteiger partial charge is 0.220 e. The number of piperazine rings is 1. The molecule has 1 saturated heterocycles. The van der Waals surface area contributed by atoms with Gasteiger partial charge in [0.05, 0.1) is 0 Å². The molecule has 2 rings (SSSR count). The van der Waals surface area contributed by atoms with E-state index >= 15 is 0 Å². The molecule has 1 aliphatic heterocycles. The highest BCUT2D eigenvalue weighted by atomic mass is 32.2. The molecule has 0 unspecified atom stereocenters. The Hall–Kier alpha value is -0.920. The molecule has 17 heavy (non-hydrogen) atoms. The first-order valence-corrected chi connectivity index (χ1v) is 7.22. The summed E-state index contributed by atoms with van der Waals surface area (Å²) in [5.74, 6) is 0.542. The summed E-state index contributed by atoms with van der Waals surface area (Å²) < 4.78 is 30.6. The van der Waals surface area contributed by atoms with Crippen LogP contribution in [0.3, 0.4) is 0 Å². The van der Waals surface area contributed by atoms with Crippen LogP contribution in [0.5, 0.6) is 0 Å². The summed E-state index contributed by atoms with van der Waals surface area (Å²) in [5, 5.41) is 6.93. The second-order valence-corrected chi connectivity index (χ2v) is 6.37. The summed E-state index contributed by atoms with van der Waals surface area (Å²) in [6.45, 7) is 5.44. The molecular weight excluding hydrogens is 242 g/mol. The van der Waals surface area contributed by atoms with Gasteiger partial charge >= 0.3 is 0 Å². The normalized spacial score (nSPS) is 22.8. The second kappa shape index (κ2) is 4.75. The molecule has 7 heteroatoms. The zero-order valence-corrected chi connectivity index (χ0v) is 10.8. The molecule has 1 aliphatic rings. The minimum atomic E-state index is -3.29. The SMILES string of the molecule is Cc1cc(CS(=O)(=O)N2CCN[C@H](C)C2)no1. The molecule has 0 aliphatic carbocycles. The summed E-state index contributed by atoms with van der Waals surface area (Å²) in [6.07, 6.45) is 0. The van der Waals surface area contributed by atoms with E-state index in [-0.39, 0.29) is 11.8 Å². The lowest BCUT2D eigenvalue weighted by atomic mass is 10.3. The van der Waals surface area contributed by atoms with E-state index in [1.807, 2.05) is 6.92 Å². The zero-order chi connectivity index (χ0) is 12.5. The van der Waals surface area contributed by atoms with Crippen molar-refractivity contribution >= 4 is 10.0 Å². The molecule has 1 N–H and O–H groups in total. The molecular formula is C10H17N3O3S. The largest absolute Gasteiger partial charge is 0.361 e. The third kappa shape index (κ3) is 3.05. The first-order valence-electron chi connectivity index (χ1n) is 5.61. The van der Waals surface area contributed by atoms with E-state index in [0.29, 0.717) is 31.1 Å². The first-order chi connectivity index (χ1) is 7.97. The van der Waals surface area contributed by atoms with Gasteiger partial charge in [-0.05, 0) is 13.8 Å². The van der Waals surface area contributed by atoms with Crippen LogP contribution < -0.4 is 5.32 Å². The van der Waals surface area contributed by atoms with E-state index in [0.717, 1.165) is 0 Å². The van der Waals surface area contributed by atoms with E-state index in [2.05, 4.69) is 10.5 Å². The van der Waals surface area contributed by atoms with Gasteiger partial charge in [-0.2, -0.15) is 4.31 Å². The van der Waals surface area contributed by atoms with Crippen LogP contribution in [-0.2, 0) is 15.8 Å². The van der Waals surface area contributed by atoms with Crippen LogP contribution in [0.15, 0.2) is 10.6 Å². The van der Waals surface area contributed by atoms with Gasteiger partial charge in [-0.15, -0.1) is 0 Å². The van der Waals surface area contributed by atoms with Gasteiger partial charge in [0.25, 0.3) is 0 Å². The van der Waals surface area contributed by atoms with Crippen molar-refractivity contribution in [3.8, 4) is 0 Å². The van der Waals surface area contributed by atoms with Gasteiger partial charge < -0.3 is 9.84 Å². The Morgan fingerprint density at radius 3 is 3.00 bits per heavy atom. The highest BCUT2D eigenvalue weighted by molar-refractivity contribution is 7.88. The molecule has 96 valence electrons. The minimum absolute atomic E-state index is 0.0863. The molecule has 1 aromatic rings. The van der Waals surface area contributed by atoms with Gasteiger partial charge in [0.2, 0.25) is 10.0 Å². The lowest BCUT2D eigenvalue weighted by molar-refractivity contribution is 0.309. The zero-order valence-electron chi connectivity index (χ0n) is 10.0. The van der Waals surface area contributed by atoms with Gasteiger partial charge in [-0.3, -0.25) is 0 Å². The Morgan fingerprint density at radius 2 is 2.41 bits per heavy atom. The predicted octanol–water partition coefficient (Wildman–Crippen LogP) is 0.107. The van der Waals surface area contributed by atoms with Crippen molar-refractivity contribution in [3.05, 3.63) is 17.5 Å². The minimum Gasteiger partial charge on any atom is -0.361 e. The molecule has 0 saturated carbocycles. The topological polar surface area (TPSA) is 75.4 Å². The quantitative estimate of drug-likeness (QED) is 0.833. The van der Waals surface area contributed by atoms with Crippen LogP contribution in [0.25, 0.3) is 0 Å². The van der Waals surface area contributed by atoms with Crippen LogP contribution in [0.4, 0.5) is 0 Å². The second-order valence-electron chi connectivity index (χ2n) is 4.40. The number of hydrogen-bond acceptors (Lipinski definition) is 5. The Labute approximate surface area is 101 Å². The van der Waals surface area contributed by atoms with Crippen molar-refractivity contribution in [2.24, 2.45) is 0 Å². The molecule has 0 spiro atoms. The number of aromatic nitrogens is 1. The third-order valence-corrected chi connectivity index (χ3v) is 4.51. The first kappa shape index (κ1) is 12.5. The van der Waals surface area contributed by atoms with E-state index < -0.39 is 10.0 Å². The molecule has 1 fully saturated rings. The van der Waals surface area contributed by atoms with Crippen LogP contribution in [-0.4, -0.2) is 43.6 Å². The molecule has 2 heterocycles. The molecule has 0 radical (unpaired) electrons. The molecule has 1 atom stereocenters. The Kier molecular flexibility index (Phi) is 3.50. The monoisotopic (exact) mass is 259 g/mol. The summed E-state index contributed by atoms with van der Waals surface area (Å²) in [7, 11) is -3.29. The van der Waals surface area contributed by atoms with E-state index in [1.54, 1.807) is 13.0 Å². The van der Waals surface area contributed by atoms with E-state index in [4.69, 9.17) is 4.52 Å². The van der Waals surface area contributed by atoms with Gasteiger partial charge in [0.15, 0.2) is 0 Å². The average molecular weight is 259 g/mol. The summed E-state index contributed by atoms with van der Waals surface area (Å²) in [5.41, 5.74) is 0.466. The van der Waals surface area contributed by atoms with Crippen LogP contribution in [0.1, 0.15) is 18.4 Å². The number of aryl methyl sites for hydroxylation is 1. The summed E-state index contributed by atoms with van der Waals surface area (Å²) in [4.78, 5) is 0. The lowest BCUT2D eigenvalue weighted by Gasteiger charge is -2.30. The standard InChI is InChI=1S/C10H17N3O3S/c1-8-6-13(4-3-11-8)17(14,15)7-10-5-9(2)16-12-10/h5,8,11H,3-4,6-7H2,1-2H3/t8-/m1/s1. The van der Waals surface area contributed by atoms with Crippen molar-refractivity contribution in [1.82, 2.24) is 14.8 Å². The fourth-order valence-corrected chi connectivity index (χ4v) is 3.43. The molecule has 0 amide bonds. The van der Waals surface area contributed by atoms with Crippen LogP contribution >= 0.6 is 0 Å². The number of rotatable bonds is 3. The molecule has 6 nitrogen and oxygen atoms in total. The maximum atomic E-state index is 12.1. The van der Waals surface area contributed by atoms with Crippen molar-refractivity contribution in [2.75, 3.05) is 19.6 Å². The third-order valence-electron chi connectivity index (χ3n) is 2.73. The highest BCUT2D eigenvalue weighted by Gasteiger charge is 2.27. The van der Waals surface area contributed by atoms with E-state index in [1.165, 1.54) is 4.31 Å². The fourth-order valence-electron chi connectivity index (χ4n) is 1.91. The molecule has 0 bridgehead atoms. The van der Waals surface area contributed by atoms with Crippen LogP contribution in [0.2, 0.25) is 0 Å². The fraction of sp³-hybridized carbons (Fsp3) is 0.700. The Balaban J connectivity index is 2.08. The Morgan fingerprint density at radius 1 is 1.65 bits per heavy atom. The average Bonchev–Trinajstić information content (AvgIpc) is 2.63. The number of hydrogen-bond donors (Lipinski definition) is 1. The number of nitrogens with one attached hydrogen (secondary N) is 1. The molecule has 0 aromatic carbocycles. The maximum absolute atomic E-state index is 12.1. The van der Waals surface area contributed by atoms with Gasteiger partial charge in [-0.25, -0.2) is 8.42 Å². The molecule has 1 aromatic heterocycles. The maximum Gasteiger partial charge on any atom is 0.220 e. The van der Waals surface area contributed by atoms with Crippen molar-refractivity contribution in [1.29, 1.82) is 0 Å². The summed E-state index contributed by atoms with van der Waals surface area (Å²) in [6, 6.07) is 1.85. The Bertz CT molecular complexity index is 483. The van der Waals surface area contributed by atoms with Crippen LogP contribution in [0, 0.1) is 6.92 Å². The van der Waals surface area contributed by atoms with Crippen molar-refractivity contribution < 1.29 is 12.9 Å². The van der Waals surface area contributed by atoms with Gasteiger partial charge in [0.1, 0.15) is 17.2 Å². The number of nitrogens with zero attached hydrogens (tertiary/aromatic N) is 2. The number of sulfonamides is 1.